The molecule has 2 aromatic carbocycles. The van der Waals surface area contributed by atoms with E-state index in [1.54, 1.807) is 45.0 Å². The van der Waals surface area contributed by atoms with Gasteiger partial charge < -0.3 is 56.7 Å². The van der Waals surface area contributed by atoms with Crippen molar-refractivity contribution in [2.75, 3.05) is 52.4 Å². The minimum Gasteiger partial charge on any atom is -0.445 e. The molecule has 0 unspecified atom stereocenters. The van der Waals surface area contributed by atoms with Crippen LogP contribution in [0, 0.1) is 59.2 Å². The summed E-state index contributed by atoms with van der Waals surface area (Å²) in [6, 6.07) is 18.1. The molecule has 0 aromatic heterocycles. The van der Waals surface area contributed by atoms with Crippen LogP contribution in [0.4, 0.5) is 14.4 Å². The van der Waals surface area contributed by atoms with E-state index in [1.807, 2.05) is 91.8 Å². The average molecular weight is 1070 g/mol. The third-order valence-electron chi connectivity index (χ3n) is 7.62. The fourth-order valence-electron chi connectivity index (χ4n) is 4.40. The number of hydrogen-bond acceptors (Lipinski definition) is 11. The van der Waals surface area contributed by atoms with Crippen molar-refractivity contribution in [2.24, 2.45) is 0 Å². The number of carbonyl (C=O) groups is 8. The second kappa shape index (κ2) is 48.3. The summed E-state index contributed by atoms with van der Waals surface area (Å²) in [6.07, 6.45) is 2.27. The van der Waals surface area contributed by atoms with Crippen molar-refractivity contribution < 1.29 is 52.6 Å². The lowest BCUT2D eigenvalue weighted by molar-refractivity contribution is -0.120. The van der Waals surface area contributed by atoms with Gasteiger partial charge in [0.25, 0.3) is 5.91 Å². The van der Waals surface area contributed by atoms with Crippen LogP contribution in [0.15, 0.2) is 60.7 Å². The Balaban J connectivity index is -0.000000909. The Hall–Kier alpha value is -8.60. The number of ether oxygens (including phenoxy) is 3. The van der Waals surface area contributed by atoms with E-state index in [2.05, 4.69) is 102 Å². The molecule has 77 heavy (non-hydrogen) atoms. The van der Waals surface area contributed by atoms with E-state index in [4.69, 9.17) is 14.2 Å². The van der Waals surface area contributed by atoms with Gasteiger partial charge >= 0.3 is 18.3 Å². The topological polar surface area (TPSA) is 260 Å². The van der Waals surface area contributed by atoms with Crippen molar-refractivity contribution in [1.29, 1.82) is 0 Å². The van der Waals surface area contributed by atoms with Gasteiger partial charge in [-0.15, -0.1) is 29.6 Å². The Bertz CT molecular complexity index is 2380. The monoisotopic (exact) mass is 1070 g/mol. The summed E-state index contributed by atoms with van der Waals surface area (Å²) in [7, 11) is 0. The fraction of sp³-hybridized carbons (Fsp3) is 0.483. The Labute approximate surface area is 457 Å². The van der Waals surface area contributed by atoms with Crippen LogP contribution in [0.1, 0.15) is 131 Å². The van der Waals surface area contributed by atoms with Crippen LogP contribution in [-0.2, 0) is 40.0 Å². The van der Waals surface area contributed by atoms with Gasteiger partial charge in [-0.3, -0.25) is 24.0 Å². The maximum Gasteiger partial charge on any atom is 0.408 e. The molecule has 0 aliphatic carbocycles. The predicted octanol–water partition coefficient (Wildman–Crippen LogP) is 5.89. The molecule has 0 aliphatic heterocycles. The molecule has 0 spiro atoms. The molecular formula is C58H82N8O11. The van der Waals surface area contributed by atoms with Crippen LogP contribution in [0.25, 0.3) is 0 Å². The van der Waals surface area contributed by atoms with Crippen LogP contribution in [-0.4, -0.2) is 111 Å². The van der Waals surface area contributed by atoms with Gasteiger partial charge in [0, 0.05) is 44.6 Å². The summed E-state index contributed by atoms with van der Waals surface area (Å²) in [5, 5.41) is 20.1. The van der Waals surface area contributed by atoms with Gasteiger partial charge in [0.1, 0.15) is 30.9 Å². The highest BCUT2D eigenvalue weighted by Gasteiger charge is 2.17. The van der Waals surface area contributed by atoms with Crippen LogP contribution in [0.3, 0.4) is 0 Å². The molecule has 0 saturated heterocycles. The number of nitrogens with one attached hydrogen (secondary N) is 8. The molecule has 0 radical (unpaired) electrons. The average Bonchev–Trinajstić information content (AvgIpc) is 3.38. The maximum atomic E-state index is 11.6. The summed E-state index contributed by atoms with van der Waals surface area (Å²) < 4.78 is 14.9. The van der Waals surface area contributed by atoms with Crippen molar-refractivity contribution >= 4 is 47.8 Å². The normalized spacial score (nSPS) is 9.14. The van der Waals surface area contributed by atoms with E-state index >= 15 is 0 Å². The van der Waals surface area contributed by atoms with Crippen molar-refractivity contribution in [3.63, 3.8) is 0 Å². The highest BCUT2D eigenvalue weighted by Crippen LogP contribution is 2.07. The van der Waals surface area contributed by atoms with E-state index in [0.717, 1.165) is 37.7 Å². The van der Waals surface area contributed by atoms with Gasteiger partial charge in [-0.2, -0.15) is 0 Å². The summed E-state index contributed by atoms with van der Waals surface area (Å²) in [5.41, 5.74) is 0.424. The van der Waals surface area contributed by atoms with E-state index in [-0.39, 0.29) is 62.3 Å². The predicted molar refractivity (Wildman–Crippen MR) is 300 cm³/mol. The third kappa shape index (κ3) is 56.5. The first-order valence-corrected chi connectivity index (χ1v) is 25.1. The van der Waals surface area contributed by atoms with Gasteiger partial charge in [0.2, 0.25) is 23.6 Å². The fourth-order valence-corrected chi connectivity index (χ4v) is 4.40. The van der Waals surface area contributed by atoms with Crippen LogP contribution < -0.4 is 42.5 Å². The maximum absolute atomic E-state index is 11.6. The number of carbonyl (C=O) groups excluding carboxylic acids is 8. The molecule has 0 heterocycles. The highest BCUT2D eigenvalue weighted by atomic mass is 16.6. The molecule has 0 fully saturated rings. The largest absolute Gasteiger partial charge is 0.445 e. The highest BCUT2D eigenvalue weighted by molar-refractivity contribution is 5.96. The summed E-state index contributed by atoms with van der Waals surface area (Å²) in [4.78, 5) is 89.3. The first kappa shape index (κ1) is 72.6. The summed E-state index contributed by atoms with van der Waals surface area (Å²) in [6.45, 7) is 23.6. The molecule has 420 valence electrons. The van der Waals surface area contributed by atoms with E-state index in [0.29, 0.717) is 31.7 Å². The molecule has 0 atom stereocenters. The van der Waals surface area contributed by atoms with Crippen LogP contribution in [0.2, 0.25) is 0 Å². The molecule has 19 nitrogen and oxygen atoms in total. The van der Waals surface area contributed by atoms with Gasteiger partial charge in [0.05, 0.1) is 39.3 Å². The lowest BCUT2D eigenvalue weighted by atomic mass is 10.2. The van der Waals surface area contributed by atoms with Crippen LogP contribution >= 0.6 is 0 Å². The van der Waals surface area contributed by atoms with Crippen LogP contribution in [0.5, 0.6) is 0 Å². The lowest BCUT2D eigenvalue weighted by Crippen LogP contribution is -2.39. The molecule has 2 rings (SSSR count). The standard InChI is InChI=1S/C15H18N2O3.C14H16N2O2.C12H20N2O3.C10H17NO2.C7H11NO/c1-2-3-7-10-16-14(18)11-17-15(19)20-12-13-8-5-4-6-9-13;1-2-3-7-10-15-13(17)11-16-14(18)12-8-5-4-6-9-12;1-5-6-7-8-13-10(15)9-14-11(16)17-12(2,3)4;1-5-6-7-8-11-9(12)13-10(2,3)4;1-3-4-5-6-8-7(2)9/h4-6,8-9H,2,10-12H2,1H3,(H,16,18)(H,17,19);4-6,8-9H,2,10-11H2,1H3,(H,15,17)(H,16,18);5,8-9H2,1-4H3,(H,13,15)(H,14,16);5,8H2,1-4H3,(H,11,12);3,6H2,1-2H3,(H,8,9). The molecule has 8 amide bonds. The van der Waals surface area contributed by atoms with Crippen molar-refractivity contribution in [3.05, 3.63) is 71.8 Å². The van der Waals surface area contributed by atoms with E-state index < -0.39 is 29.5 Å². The van der Waals surface area contributed by atoms with Gasteiger partial charge in [0.15, 0.2) is 0 Å². The Kier molecular flexibility index (Phi) is 45.6. The molecule has 8 N–H and O–H groups in total. The SMILES string of the molecule is CCC#CCNC(=O)CNC(=O)OC(C)(C)C.CCC#CCNC(=O)CNC(=O)OCc1ccccc1.CCC#CCNC(=O)CNC(=O)c1ccccc1.CCC#CCNC(=O)OC(C)(C)C.CCC#CCNC(C)=O. The van der Waals surface area contributed by atoms with E-state index in [9.17, 15) is 38.4 Å². The minimum atomic E-state index is -0.622. The Morgan fingerprint density at radius 1 is 0.403 bits per heavy atom. The van der Waals surface area contributed by atoms with Gasteiger partial charge in [-0.05, 0) is 59.2 Å². The van der Waals surface area contributed by atoms with Crippen molar-refractivity contribution in [1.82, 2.24) is 42.5 Å². The van der Waals surface area contributed by atoms with Crippen molar-refractivity contribution in [2.45, 2.75) is 133 Å². The quantitative estimate of drug-likeness (QED) is 0.0818. The third-order valence-corrected chi connectivity index (χ3v) is 7.62. The zero-order chi connectivity index (χ0) is 58.6. The molecule has 2 aromatic rings. The summed E-state index contributed by atoms with van der Waals surface area (Å²) in [5.74, 6) is 27.0. The molecule has 19 heteroatoms. The second-order valence-electron chi connectivity index (χ2n) is 17.0. The van der Waals surface area contributed by atoms with Gasteiger partial charge in [-0.25, -0.2) is 14.4 Å². The first-order chi connectivity index (χ1) is 36.5. The number of hydrogen-bond donors (Lipinski definition) is 8. The number of alkyl carbamates (subject to hydrolysis) is 3. The second-order valence-corrected chi connectivity index (χ2v) is 17.0. The van der Waals surface area contributed by atoms with Crippen molar-refractivity contribution in [3.8, 4) is 59.2 Å². The summed E-state index contributed by atoms with van der Waals surface area (Å²) >= 11 is 0. The zero-order valence-electron chi connectivity index (χ0n) is 47.2. The zero-order valence-corrected chi connectivity index (χ0v) is 47.2. The van der Waals surface area contributed by atoms with E-state index in [1.165, 1.54) is 6.92 Å². The molecular weight excluding hydrogens is 985 g/mol. The Morgan fingerprint density at radius 3 is 1.09 bits per heavy atom. The first-order valence-electron chi connectivity index (χ1n) is 25.1. The molecule has 0 aliphatic rings. The number of rotatable bonds is 14. The Morgan fingerprint density at radius 2 is 0.727 bits per heavy atom. The number of benzene rings is 2. The smallest absolute Gasteiger partial charge is 0.408 e. The molecule has 0 saturated carbocycles. The lowest BCUT2D eigenvalue weighted by Gasteiger charge is -2.19. The minimum absolute atomic E-state index is 0.0274. The van der Waals surface area contributed by atoms with Gasteiger partial charge in [-0.1, -0.05) is 113 Å². The molecule has 0 bridgehead atoms. The number of amides is 8.